The SMILES string of the molecule is CCCOc1ccc(-c2nc3c(C)cc(Br)cn3c2C#N)cc1. The highest BCUT2D eigenvalue weighted by Crippen LogP contribution is 2.28. The van der Waals surface area contributed by atoms with E-state index >= 15 is 0 Å². The maximum atomic E-state index is 9.57. The van der Waals surface area contributed by atoms with E-state index in [9.17, 15) is 5.26 Å². The Hall–Kier alpha value is -2.32. The van der Waals surface area contributed by atoms with Crippen molar-refractivity contribution in [3.05, 3.63) is 52.3 Å². The molecular formula is C18H16BrN3O. The molecule has 0 unspecified atom stereocenters. The normalized spacial score (nSPS) is 10.7. The predicted molar refractivity (Wildman–Crippen MR) is 93.6 cm³/mol. The summed E-state index contributed by atoms with van der Waals surface area (Å²) in [5.74, 6) is 0.830. The number of nitrogens with zero attached hydrogens (tertiary/aromatic N) is 3. The lowest BCUT2D eigenvalue weighted by Crippen LogP contribution is -1.94. The molecule has 0 spiro atoms. The van der Waals surface area contributed by atoms with Gasteiger partial charge < -0.3 is 4.74 Å². The van der Waals surface area contributed by atoms with Crippen LogP contribution in [0.2, 0.25) is 0 Å². The summed E-state index contributed by atoms with van der Waals surface area (Å²) in [7, 11) is 0. The maximum Gasteiger partial charge on any atom is 0.152 e. The Morgan fingerprint density at radius 1 is 1.30 bits per heavy atom. The molecule has 3 aromatic rings. The Morgan fingerprint density at radius 2 is 2.04 bits per heavy atom. The van der Waals surface area contributed by atoms with Crippen molar-refractivity contribution in [3.63, 3.8) is 0 Å². The quantitative estimate of drug-likeness (QED) is 0.667. The monoisotopic (exact) mass is 369 g/mol. The molecule has 4 nitrogen and oxygen atoms in total. The summed E-state index contributed by atoms with van der Waals surface area (Å²) >= 11 is 3.47. The number of hydrogen-bond donors (Lipinski definition) is 0. The fraction of sp³-hybridized carbons (Fsp3) is 0.222. The van der Waals surface area contributed by atoms with E-state index in [-0.39, 0.29) is 0 Å². The number of pyridine rings is 1. The largest absolute Gasteiger partial charge is 0.494 e. The molecular weight excluding hydrogens is 354 g/mol. The van der Waals surface area contributed by atoms with Gasteiger partial charge in [-0.1, -0.05) is 6.92 Å². The Kier molecular flexibility index (Phi) is 4.35. The van der Waals surface area contributed by atoms with Gasteiger partial charge in [-0.2, -0.15) is 5.26 Å². The molecule has 116 valence electrons. The number of ether oxygens (including phenoxy) is 1. The topological polar surface area (TPSA) is 50.3 Å². The average molecular weight is 370 g/mol. The molecule has 0 fully saturated rings. The van der Waals surface area contributed by atoms with E-state index in [1.165, 1.54) is 0 Å². The van der Waals surface area contributed by atoms with Crippen LogP contribution in [0.3, 0.4) is 0 Å². The van der Waals surface area contributed by atoms with Crippen molar-refractivity contribution < 1.29 is 4.74 Å². The lowest BCUT2D eigenvalue weighted by atomic mass is 10.1. The van der Waals surface area contributed by atoms with Crippen molar-refractivity contribution in [2.45, 2.75) is 20.3 Å². The molecule has 0 amide bonds. The van der Waals surface area contributed by atoms with Crippen LogP contribution in [0, 0.1) is 18.3 Å². The molecule has 1 aromatic carbocycles. The minimum atomic E-state index is 0.534. The number of nitriles is 1. The first kappa shape index (κ1) is 15.6. The Balaban J connectivity index is 2.09. The lowest BCUT2D eigenvalue weighted by molar-refractivity contribution is 0.317. The molecule has 0 aliphatic heterocycles. The van der Waals surface area contributed by atoms with Gasteiger partial charge in [-0.15, -0.1) is 0 Å². The van der Waals surface area contributed by atoms with Gasteiger partial charge in [-0.3, -0.25) is 4.40 Å². The number of benzene rings is 1. The van der Waals surface area contributed by atoms with E-state index < -0.39 is 0 Å². The third kappa shape index (κ3) is 2.95. The maximum absolute atomic E-state index is 9.57. The molecule has 0 bridgehead atoms. The molecule has 2 aromatic heterocycles. The highest BCUT2D eigenvalue weighted by molar-refractivity contribution is 9.10. The van der Waals surface area contributed by atoms with E-state index in [2.05, 4.69) is 33.9 Å². The van der Waals surface area contributed by atoms with Crippen LogP contribution >= 0.6 is 15.9 Å². The molecule has 0 atom stereocenters. The van der Waals surface area contributed by atoms with Crippen molar-refractivity contribution in [3.8, 4) is 23.1 Å². The van der Waals surface area contributed by atoms with Gasteiger partial charge in [0.15, 0.2) is 5.69 Å². The third-order valence-corrected chi connectivity index (χ3v) is 4.01. The van der Waals surface area contributed by atoms with Crippen LogP contribution in [0.15, 0.2) is 41.0 Å². The lowest BCUT2D eigenvalue weighted by Gasteiger charge is -2.05. The number of hydrogen-bond acceptors (Lipinski definition) is 3. The summed E-state index contributed by atoms with van der Waals surface area (Å²) in [6.07, 6.45) is 2.84. The van der Waals surface area contributed by atoms with Crippen LogP contribution in [0.4, 0.5) is 0 Å². The van der Waals surface area contributed by atoms with Gasteiger partial charge in [-0.05, 0) is 65.2 Å². The number of halogens is 1. The van der Waals surface area contributed by atoms with Crippen molar-refractivity contribution in [2.75, 3.05) is 6.61 Å². The zero-order valence-corrected chi connectivity index (χ0v) is 14.6. The Bertz CT molecular complexity index is 891. The smallest absolute Gasteiger partial charge is 0.152 e. The highest BCUT2D eigenvalue weighted by Gasteiger charge is 2.15. The molecule has 0 saturated carbocycles. The summed E-state index contributed by atoms with van der Waals surface area (Å²) in [5, 5.41) is 9.57. The van der Waals surface area contributed by atoms with Gasteiger partial charge >= 0.3 is 0 Å². The molecule has 5 heteroatoms. The number of aryl methyl sites for hydroxylation is 1. The van der Waals surface area contributed by atoms with Gasteiger partial charge in [0.1, 0.15) is 23.2 Å². The van der Waals surface area contributed by atoms with Gasteiger partial charge in [0.25, 0.3) is 0 Å². The van der Waals surface area contributed by atoms with Gasteiger partial charge in [0, 0.05) is 16.2 Å². The Morgan fingerprint density at radius 3 is 2.70 bits per heavy atom. The van der Waals surface area contributed by atoms with Crippen molar-refractivity contribution in [1.29, 1.82) is 5.26 Å². The molecule has 0 radical (unpaired) electrons. The average Bonchev–Trinajstić information content (AvgIpc) is 2.92. The molecule has 2 heterocycles. The van der Waals surface area contributed by atoms with E-state index in [1.807, 2.05) is 47.9 Å². The van der Waals surface area contributed by atoms with E-state index in [0.29, 0.717) is 18.0 Å². The summed E-state index contributed by atoms with van der Waals surface area (Å²) < 4.78 is 8.35. The summed E-state index contributed by atoms with van der Waals surface area (Å²) in [6.45, 7) is 4.76. The van der Waals surface area contributed by atoms with E-state index in [0.717, 1.165) is 33.4 Å². The zero-order valence-electron chi connectivity index (χ0n) is 13.0. The van der Waals surface area contributed by atoms with Gasteiger partial charge in [0.05, 0.1) is 6.61 Å². The van der Waals surface area contributed by atoms with E-state index in [4.69, 9.17) is 4.74 Å². The van der Waals surface area contributed by atoms with Crippen molar-refractivity contribution >= 4 is 21.6 Å². The van der Waals surface area contributed by atoms with Gasteiger partial charge in [-0.25, -0.2) is 4.98 Å². The summed E-state index contributed by atoms with van der Waals surface area (Å²) in [6, 6.07) is 12.0. The highest BCUT2D eigenvalue weighted by atomic mass is 79.9. The number of imidazole rings is 1. The van der Waals surface area contributed by atoms with Crippen LogP contribution in [-0.4, -0.2) is 16.0 Å². The van der Waals surface area contributed by atoms with Crippen LogP contribution in [-0.2, 0) is 0 Å². The number of fused-ring (bicyclic) bond motifs is 1. The fourth-order valence-corrected chi connectivity index (χ4v) is 3.05. The molecule has 3 rings (SSSR count). The standard InChI is InChI=1S/C18H16BrN3O/c1-3-8-23-15-6-4-13(5-7-15)17-16(10-20)22-11-14(19)9-12(2)18(22)21-17/h4-7,9,11H,3,8H2,1-2H3. The van der Waals surface area contributed by atoms with Gasteiger partial charge in [0.2, 0.25) is 0 Å². The molecule has 0 aliphatic rings. The minimum Gasteiger partial charge on any atom is -0.494 e. The summed E-state index contributed by atoms with van der Waals surface area (Å²) in [4.78, 5) is 4.67. The van der Waals surface area contributed by atoms with Crippen LogP contribution in [0.1, 0.15) is 24.6 Å². The van der Waals surface area contributed by atoms with Crippen LogP contribution in [0.25, 0.3) is 16.9 Å². The van der Waals surface area contributed by atoms with Crippen molar-refractivity contribution in [2.24, 2.45) is 0 Å². The first-order valence-corrected chi connectivity index (χ1v) is 8.25. The van der Waals surface area contributed by atoms with Crippen LogP contribution < -0.4 is 4.74 Å². The molecule has 0 saturated heterocycles. The van der Waals surface area contributed by atoms with Crippen LogP contribution in [0.5, 0.6) is 5.75 Å². The van der Waals surface area contributed by atoms with E-state index in [1.54, 1.807) is 0 Å². The third-order valence-electron chi connectivity index (χ3n) is 3.58. The number of rotatable bonds is 4. The predicted octanol–water partition coefficient (Wildman–Crippen LogP) is 4.73. The summed E-state index contributed by atoms with van der Waals surface area (Å²) in [5.41, 5.74) is 3.95. The first-order chi connectivity index (χ1) is 11.1. The number of aromatic nitrogens is 2. The fourth-order valence-electron chi connectivity index (χ4n) is 2.51. The molecule has 0 N–H and O–H groups in total. The molecule has 0 aliphatic carbocycles. The Labute approximate surface area is 143 Å². The first-order valence-electron chi connectivity index (χ1n) is 7.45. The second-order valence-corrected chi connectivity index (χ2v) is 6.24. The zero-order chi connectivity index (χ0) is 16.4. The molecule has 23 heavy (non-hydrogen) atoms. The second-order valence-electron chi connectivity index (χ2n) is 5.33. The minimum absolute atomic E-state index is 0.534. The second kappa shape index (κ2) is 6.43. The van der Waals surface area contributed by atoms with Crippen molar-refractivity contribution in [1.82, 2.24) is 9.38 Å².